The molecule has 1 aliphatic heterocycles. The number of benzene rings is 2. The van der Waals surface area contributed by atoms with E-state index in [0.717, 1.165) is 22.9 Å². The predicted octanol–water partition coefficient (Wildman–Crippen LogP) is 3.47. The van der Waals surface area contributed by atoms with Gasteiger partial charge in [-0.05, 0) is 43.8 Å². The molecule has 0 aliphatic carbocycles. The smallest absolute Gasteiger partial charge is 0.227 e. The summed E-state index contributed by atoms with van der Waals surface area (Å²) in [5.41, 5.74) is 3.28. The zero-order chi connectivity index (χ0) is 18.5. The largest absolute Gasteiger partial charge is 0.343 e. The summed E-state index contributed by atoms with van der Waals surface area (Å²) in [6, 6.07) is 18.3. The van der Waals surface area contributed by atoms with Crippen LogP contribution in [0.4, 0.5) is 5.69 Å². The van der Waals surface area contributed by atoms with E-state index >= 15 is 0 Å². The average molecular weight is 368 g/mol. The quantitative estimate of drug-likeness (QED) is 0.843. The summed E-state index contributed by atoms with van der Waals surface area (Å²) in [5, 5.41) is 4.03. The van der Waals surface area contributed by atoms with Crippen LogP contribution in [-0.2, 0) is 11.2 Å². The Hall–Kier alpha value is -2.40. The number of carbonyl (C=O) groups is 1. The van der Waals surface area contributed by atoms with Crippen LogP contribution in [0.1, 0.15) is 18.1 Å². The Balaban J connectivity index is 1.55. The second kappa shape index (κ2) is 8.32. The molecular formula is C21H25N3OS. The molecule has 26 heavy (non-hydrogen) atoms. The van der Waals surface area contributed by atoms with E-state index < -0.39 is 0 Å². The first-order chi connectivity index (χ1) is 12.5. The molecule has 4 nitrogen and oxygen atoms in total. The molecule has 1 heterocycles. The molecule has 136 valence electrons. The number of rotatable bonds is 3. The molecule has 1 aliphatic rings. The topological polar surface area (TPSA) is 35.6 Å². The Bertz CT molecular complexity index is 761. The molecule has 1 atom stereocenters. The second-order valence-electron chi connectivity index (χ2n) is 6.84. The molecule has 1 unspecified atom stereocenters. The molecule has 1 saturated heterocycles. The van der Waals surface area contributed by atoms with Crippen molar-refractivity contribution in [2.75, 3.05) is 25.0 Å². The third-order valence-corrected chi connectivity index (χ3v) is 5.08. The van der Waals surface area contributed by atoms with Gasteiger partial charge in [-0.1, -0.05) is 48.0 Å². The van der Waals surface area contributed by atoms with Crippen LogP contribution in [0.3, 0.4) is 0 Å². The lowest BCUT2D eigenvalue weighted by atomic mass is 10.1. The van der Waals surface area contributed by atoms with Gasteiger partial charge in [-0.25, -0.2) is 0 Å². The maximum Gasteiger partial charge on any atom is 0.227 e. The van der Waals surface area contributed by atoms with E-state index in [0.29, 0.717) is 19.5 Å². The first kappa shape index (κ1) is 18.4. The number of piperazine rings is 1. The third kappa shape index (κ3) is 4.61. The van der Waals surface area contributed by atoms with Crippen molar-refractivity contribution in [3.63, 3.8) is 0 Å². The number of hydrogen-bond donors (Lipinski definition) is 1. The molecular weight excluding hydrogens is 342 g/mol. The van der Waals surface area contributed by atoms with Gasteiger partial charge in [0, 0.05) is 31.4 Å². The SMILES string of the molecule is Cc1ccc(NC(=S)N2CCN(C(=O)Cc3ccccc3)CC2C)cc1. The van der Waals surface area contributed by atoms with Gasteiger partial charge in [0.05, 0.1) is 6.42 Å². The summed E-state index contributed by atoms with van der Waals surface area (Å²) in [5.74, 6) is 0.181. The number of amides is 1. The van der Waals surface area contributed by atoms with Crippen molar-refractivity contribution in [3.8, 4) is 0 Å². The van der Waals surface area contributed by atoms with Crippen molar-refractivity contribution in [2.45, 2.75) is 26.3 Å². The molecule has 5 heteroatoms. The zero-order valence-corrected chi connectivity index (χ0v) is 16.1. The summed E-state index contributed by atoms with van der Waals surface area (Å²) in [7, 11) is 0. The highest BCUT2D eigenvalue weighted by Crippen LogP contribution is 2.15. The molecule has 0 saturated carbocycles. The fraction of sp³-hybridized carbons (Fsp3) is 0.333. The Morgan fingerprint density at radius 1 is 1.12 bits per heavy atom. The van der Waals surface area contributed by atoms with Crippen LogP contribution in [0, 0.1) is 6.92 Å². The van der Waals surface area contributed by atoms with Gasteiger partial charge in [0.15, 0.2) is 5.11 Å². The van der Waals surface area contributed by atoms with Gasteiger partial charge in [0.25, 0.3) is 0 Å². The molecule has 1 fully saturated rings. The number of nitrogens with one attached hydrogen (secondary N) is 1. The van der Waals surface area contributed by atoms with Crippen LogP contribution in [0.2, 0.25) is 0 Å². The average Bonchev–Trinajstić information content (AvgIpc) is 2.64. The van der Waals surface area contributed by atoms with Crippen molar-refractivity contribution in [1.82, 2.24) is 9.80 Å². The van der Waals surface area contributed by atoms with Crippen LogP contribution >= 0.6 is 12.2 Å². The summed E-state index contributed by atoms with van der Waals surface area (Å²) in [6.07, 6.45) is 0.458. The number of thiocarbonyl (C=S) groups is 1. The number of nitrogens with zero attached hydrogens (tertiary/aromatic N) is 2. The maximum absolute atomic E-state index is 12.6. The first-order valence-corrected chi connectivity index (χ1v) is 9.40. The second-order valence-corrected chi connectivity index (χ2v) is 7.23. The summed E-state index contributed by atoms with van der Waals surface area (Å²) < 4.78 is 0. The minimum Gasteiger partial charge on any atom is -0.343 e. The van der Waals surface area contributed by atoms with Gasteiger partial charge in [0.2, 0.25) is 5.91 Å². The van der Waals surface area contributed by atoms with Crippen molar-refractivity contribution in [3.05, 3.63) is 65.7 Å². The van der Waals surface area contributed by atoms with Gasteiger partial charge in [-0.2, -0.15) is 0 Å². The molecule has 0 bridgehead atoms. The van der Waals surface area contributed by atoms with E-state index in [4.69, 9.17) is 12.2 Å². The van der Waals surface area contributed by atoms with E-state index in [1.165, 1.54) is 5.56 Å². The molecule has 3 rings (SSSR count). The molecule has 0 radical (unpaired) electrons. The monoisotopic (exact) mass is 367 g/mol. The Kier molecular flexibility index (Phi) is 5.89. The Labute approximate surface area is 160 Å². The normalized spacial score (nSPS) is 17.1. The van der Waals surface area contributed by atoms with Gasteiger partial charge in [-0.15, -0.1) is 0 Å². The molecule has 0 spiro atoms. The Morgan fingerprint density at radius 2 is 1.81 bits per heavy atom. The molecule has 1 N–H and O–H groups in total. The summed E-state index contributed by atoms with van der Waals surface area (Å²) >= 11 is 5.59. The lowest BCUT2D eigenvalue weighted by Crippen LogP contribution is -2.56. The van der Waals surface area contributed by atoms with E-state index in [2.05, 4.69) is 36.2 Å². The van der Waals surface area contributed by atoms with E-state index in [1.54, 1.807) is 0 Å². The van der Waals surface area contributed by atoms with Gasteiger partial charge in [-0.3, -0.25) is 4.79 Å². The number of anilines is 1. The summed E-state index contributed by atoms with van der Waals surface area (Å²) in [6.45, 7) is 6.33. The van der Waals surface area contributed by atoms with Gasteiger partial charge in [0.1, 0.15) is 0 Å². The molecule has 2 aromatic carbocycles. The maximum atomic E-state index is 12.6. The van der Waals surface area contributed by atoms with Gasteiger partial charge < -0.3 is 15.1 Å². The van der Waals surface area contributed by atoms with E-state index in [-0.39, 0.29) is 11.9 Å². The third-order valence-electron chi connectivity index (χ3n) is 4.74. The van der Waals surface area contributed by atoms with Crippen LogP contribution in [0.5, 0.6) is 0 Å². The van der Waals surface area contributed by atoms with Crippen LogP contribution in [-0.4, -0.2) is 46.5 Å². The standard InChI is InChI=1S/C21H25N3OS/c1-16-8-10-19(11-9-16)22-21(26)24-13-12-23(15-17(24)2)20(25)14-18-6-4-3-5-7-18/h3-11,17H,12-15H2,1-2H3,(H,22,26). The first-order valence-electron chi connectivity index (χ1n) is 8.99. The zero-order valence-electron chi connectivity index (χ0n) is 15.3. The minimum atomic E-state index is 0.181. The highest BCUT2D eigenvalue weighted by molar-refractivity contribution is 7.80. The molecule has 0 aromatic heterocycles. The number of aryl methyl sites for hydroxylation is 1. The van der Waals surface area contributed by atoms with Crippen LogP contribution in [0.15, 0.2) is 54.6 Å². The number of carbonyl (C=O) groups excluding carboxylic acids is 1. The predicted molar refractivity (Wildman–Crippen MR) is 110 cm³/mol. The summed E-state index contributed by atoms with van der Waals surface area (Å²) in [4.78, 5) is 16.7. The Morgan fingerprint density at radius 3 is 2.46 bits per heavy atom. The van der Waals surface area contributed by atoms with Crippen molar-refractivity contribution >= 4 is 28.9 Å². The fourth-order valence-corrected chi connectivity index (χ4v) is 3.59. The minimum absolute atomic E-state index is 0.181. The van der Waals surface area contributed by atoms with Crippen LogP contribution in [0.25, 0.3) is 0 Å². The number of hydrogen-bond acceptors (Lipinski definition) is 2. The van der Waals surface area contributed by atoms with Gasteiger partial charge >= 0.3 is 0 Å². The lowest BCUT2D eigenvalue weighted by Gasteiger charge is -2.41. The van der Waals surface area contributed by atoms with E-state index in [1.807, 2.05) is 47.4 Å². The van der Waals surface area contributed by atoms with Crippen molar-refractivity contribution in [1.29, 1.82) is 0 Å². The molecule has 1 amide bonds. The van der Waals surface area contributed by atoms with Crippen molar-refractivity contribution < 1.29 is 4.79 Å². The highest BCUT2D eigenvalue weighted by atomic mass is 32.1. The van der Waals surface area contributed by atoms with E-state index in [9.17, 15) is 4.79 Å². The molecule has 2 aromatic rings. The fourth-order valence-electron chi connectivity index (χ4n) is 3.20. The lowest BCUT2D eigenvalue weighted by molar-refractivity contribution is -0.132. The van der Waals surface area contributed by atoms with Crippen molar-refractivity contribution in [2.24, 2.45) is 0 Å². The van der Waals surface area contributed by atoms with Crippen LogP contribution < -0.4 is 5.32 Å². The highest BCUT2D eigenvalue weighted by Gasteiger charge is 2.28.